The Balaban J connectivity index is 1.45. The lowest BCUT2D eigenvalue weighted by atomic mass is 9.44. The lowest BCUT2D eigenvalue weighted by Crippen LogP contribution is -2.54. The van der Waals surface area contributed by atoms with Gasteiger partial charge in [0.25, 0.3) is 0 Å². The second-order valence-corrected chi connectivity index (χ2v) is 13.3. The SMILES string of the molecule is CC[C@@H](CC[C@@H](C)C1CC[C@H]2[C@@H]3CC[C@@H]4C[C@H](O)CC[C@]4(C)[C@H]3CC[C@]12C)C(C)C. The zero-order chi connectivity index (χ0) is 21.7. The molecular weight excluding hydrogens is 364 g/mol. The minimum atomic E-state index is -0.0111. The summed E-state index contributed by atoms with van der Waals surface area (Å²) in [7, 11) is 0. The largest absolute Gasteiger partial charge is 0.393 e. The molecule has 174 valence electrons. The molecule has 0 aliphatic heterocycles. The molecule has 0 radical (unpaired) electrons. The Kier molecular flexibility index (Phi) is 6.72. The van der Waals surface area contributed by atoms with E-state index >= 15 is 0 Å². The Labute approximate surface area is 188 Å². The van der Waals surface area contributed by atoms with Gasteiger partial charge in [-0.2, -0.15) is 0 Å². The van der Waals surface area contributed by atoms with Crippen molar-refractivity contribution in [3.63, 3.8) is 0 Å². The van der Waals surface area contributed by atoms with Gasteiger partial charge in [0.1, 0.15) is 0 Å². The zero-order valence-corrected chi connectivity index (χ0v) is 21.1. The fraction of sp³-hybridized carbons (Fsp3) is 1.00. The maximum absolute atomic E-state index is 10.3. The van der Waals surface area contributed by atoms with E-state index in [1.54, 1.807) is 0 Å². The third-order valence-corrected chi connectivity index (χ3v) is 11.9. The molecule has 0 aromatic heterocycles. The average molecular weight is 417 g/mol. The highest BCUT2D eigenvalue weighted by molar-refractivity contribution is 5.09. The highest BCUT2D eigenvalue weighted by Crippen LogP contribution is 2.68. The van der Waals surface area contributed by atoms with Crippen LogP contribution in [-0.4, -0.2) is 11.2 Å². The summed E-state index contributed by atoms with van der Waals surface area (Å²) in [6.45, 7) is 15.2. The number of hydrogen-bond donors (Lipinski definition) is 1. The molecule has 4 saturated carbocycles. The van der Waals surface area contributed by atoms with E-state index in [1.807, 2.05) is 0 Å². The molecule has 4 fully saturated rings. The van der Waals surface area contributed by atoms with Crippen molar-refractivity contribution in [3.05, 3.63) is 0 Å². The van der Waals surface area contributed by atoms with Crippen LogP contribution in [0.2, 0.25) is 0 Å². The van der Waals surface area contributed by atoms with Crippen LogP contribution in [0.25, 0.3) is 0 Å². The van der Waals surface area contributed by atoms with Crippen LogP contribution in [0.5, 0.6) is 0 Å². The van der Waals surface area contributed by atoms with Crippen LogP contribution in [-0.2, 0) is 0 Å². The first kappa shape index (κ1) is 23.1. The first-order chi connectivity index (χ1) is 14.2. The van der Waals surface area contributed by atoms with Crippen molar-refractivity contribution in [1.82, 2.24) is 0 Å². The summed E-state index contributed by atoms with van der Waals surface area (Å²) in [5.41, 5.74) is 1.14. The summed E-state index contributed by atoms with van der Waals surface area (Å²) in [6.07, 6.45) is 16.5. The Morgan fingerprint density at radius 3 is 2.23 bits per heavy atom. The van der Waals surface area contributed by atoms with Crippen LogP contribution in [0.4, 0.5) is 0 Å². The van der Waals surface area contributed by atoms with E-state index in [2.05, 4.69) is 41.5 Å². The van der Waals surface area contributed by atoms with E-state index < -0.39 is 0 Å². The lowest BCUT2D eigenvalue weighted by Gasteiger charge is -2.61. The second-order valence-electron chi connectivity index (χ2n) is 13.3. The van der Waals surface area contributed by atoms with Crippen molar-refractivity contribution >= 4 is 0 Å². The van der Waals surface area contributed by atoms with Gasteiger partial charge < -0.3 is 5.11 Å². The minimum Gasteiger partial charge on any atom is -0.393 e. The predicted molar refractivity (Wildman–Crippen MR) is 128 cm³/mol. The molecule has 0 spiro atoms. The molecular formula is C29H52O. The lowest BCUT2D eigenvalue weighted by molar-refractivity contribution is -0.129. The van der Waals surface area contributed by atoms with Gasteiger partial charge in [0, 0.05) is 0 Å². The molecule has 0 heterocycles. The van der Waals surface area contributed by atoms with Crippen molar-refractivity contribution in [1.29, 1.82) is 0 Å². The maximum atomic E-state index is 10.3. The van der Waals surface area contributed by atoms with Gasteiger partial charge in [-0.1, -0.05) is 54.4 Å². The van der Waals surface area contributed by atoms with Gasteiger partial charge >= 0.3 is 0 Å². The summed E-state index contributed by atoms with van der Waals surface area (Å²) < 4.78 is 0. The summed E-state index contributed by atoms with van der Waals surface area (Å²) >= 11 is 0. The molecule has 0 bridgehead atoms. The summed E-state index contributed by atoms with van der Waals surface area (Å²) in [6, 6.07) is 0. The average Bonchev–Trinajstić information content (AvgIpc) is 3.06. The fourth-order valence-corrected chi connectivity index (χ4v) is 9.90. The van der Waals surface area contributed by atoms with Gasteiger partial charge in [-0.05, 0) is 122 Å². The monoisotopic (exact) mass is 416 g/mol. The topological polar surface area (TPSA) is 20.2 Å². The third kappa shape index (κ3) is 3.82. The molecule has 30 heavy (non-hydrogen) atoms. The van der Waals surface area contributed by atoms with Crippen molar-refractivity contribution in [2.24, 2.45) is 58.2 Å². The Morgan fingerprint density at radius 2 is 1.53 bits per heavy atom. The van der Waals surface area contributed by atoms with E-state index in [0.717, 1.165) is 60.2 Å². The summed E-state index contributed by atoms with van der Waals surface area (Å²) in [5, 5.41) is 10.3. The Hall–Kier alpha value is -0.0400. The van der Waals surface area contributed by atoms with E-state index in [9.17, 15) is 5.11 Å². The number of hydrogen-bond acceptors (Lipinski definition) is 1. The third-order valence-electron chi connectivity index (χ3n) is 11.9. The first-order valence-electron chi connectivity index (χ1n) is 13.9. The maximum Gasteiger partial charge on any atom is 0.0543 e. The number of fused-ring (bicyclic) bond motifs is 5. The molecule has 0 aromatic carbocycles. The van der Waals surface area contributed by atoms with Crippen molar-refractivity contribution in [2.45, 2.75) is 125 Å². The van der Waals surface area contributed by atoms with Crippen LogP contribution in [0.1, 0.15) is 119 Å². The number of rotatable bonds is 6. The molecule has 1 unspecified atom stereocenters. The van der Waals surface area contributed by atoms with Gasteiger partial charge in [0.2, 0.25) is 0 Å². The fourth-order valence-electron chi connectivity index (χ4n) is 9.90. The standard InChI is InChI=1S/C29H52O/c1-7-21(19(2)3)9-8-20(4)25-12-13-26-24-11-10-22-18-23(30)14-16-28(22,5)27(24)15-17-29(25,26)6/h19-27,30H,7-18H2,1-6H3/t20-,21+,22-,23-,24+,25?,26+,27+,28+,29-/m1/s1. The van der Waals surface area contributed by atoms with Crippen molar-refractivity contribution < 1.29 is 5.11 Å². The van der Waals surface area contributed by atoms with Crippen LogP contribution in [0.15, 0.2) is 0 Å². The highest BCUT2D eigenvalue weighted by atomic mass is 16.3. The van der Waals surface area contributed by atoms with Gasteiger partial charge in [-0.15, -0.1) is 0 Å². The zero-order valence-electron chi connectivity index (χ0n) is 21.1. The van der Waals surface area contributed by atoms with Crippen molar-refractivity contribution in [2.75, 3.05) is 0 Å². The smallest absolute Gasteiger partial charge is 0.0543 e. The van der Waals surface area contributed by atoms with Crippen LogP contribution < -0.4 is 0 Å². The quantitative estimate of drug-likeness (QED) is 0.463. The number of aliphatic hydroxyl groups excluding tert-OH is 1. The molecule has 1 N–H and O–H groups in total. The Bertz CT molecular complexity index is 583. The van der Waals surface area contributed by atoms with Crippen molar-refractivity contribution in [3.8, 4) is 0 Å². The molecule has 0 amide bonds. The summed E-state index contributed by atoms with van der Waals surface area (Å²) in [4.78, 5) is 0. The van der Waals surface area contributed by atoms with E-state index in [-0.39, 0.29) is 6.10 Å². The van der Waals surface area contributed by atoms with Gasteiger partial charge in [0.15, 0.2) is 0 Å². The Morgan fingerprint density at radius 1 is 0.833 bits per heavy atom. The number of aliphatic hydroxyl groups is 1. The van der Waals surface area contributed by atoms with E-state index in [1.165, 1.54) is 64.2 Å². The second kappa shape index (κ2) is 8.72. The molecule has 0 aromatic rings. The van der Waals surface area contributed by atoms with Gasteiger partial charge in [-0.3, -0.25) is 0 Å². The van der Waals surface area contributed by atoms with Crippen LogP contribution in [0.3, 0.4) is 0 Å². The van der Waals surface area contributed by atoms with Gasteiger partial charge in [-0.25, -0.2) is 0 Å². The molecule has 0 saturated heterocycles. The first-order valence-corrected chi connectivity index (χ1v) is 13.9. The van der Waals surface area contributed by atoms with E-state index in [4.69, 9.17) is 0 Å². The van der Waals surface area contributed by atoms with Gasteiger partial charge in [0.05, 0.1) is 6.10 Å². The van der Waals surface area contributed by atoms with Crippen LogP contribution in [0, 0.1) is 58.2 Å². The molecule has 4 aliphatic carbocycles. The predicted octanol–water partition coefficient (Wildman–Crippen LogP) is 8.10. The molecule has 1 nitrogen and oxygen atoms in total. The van der Waals surface area contributed by atoms with Crippen LogP contribution >= 0.6 is 0 Å². The minimum absolute atomic E-state index is 0.0111. The summed E-state index contributed by atoms with van der Waals surface area (Å²) in [5.74, 6) is 7.34. The molecule has 4 rings (SSSR count). The molecule has 1 heteroatoms. The molecule has 10 atom stereocenters. The highest BCUT2D eigenvalue weighted by Gasteiger charge is 2.60. The normalized spacial score (nSPS) is 48.0. The van der Waals surface area contributed by atoms with E-state index in [0.29, 0.717) is 10.8 Å². The molecule has 4 aliphatic rings.